The Bertz CT molecular complexity index is 828. The largest absolute Gasteiger partial charge is 0.463 e. The number of hydrogen-bond donors (Lipinski definition) is 2. The monoisotopic (exact) mass is 414 g/mol. The molecule has 0 heterocycles. The fraction of sp³-hybridized carbons (Fsp3) is 0.263. The number of ether oxygens (including phenoxy) is 2. The highest BCUT2D eigenvalue weighted by atomic mass is 19.4. The summed E-state index contributed by atoms with van der Waals surface area (Å²) in [4.78, 5) is 24.3. The number of amides is 1. The zero-order valence-electron chi connectivity index (χ0n) is 15.3. The minimum Gasteiger partial charge on any atom is -0.463 e. The van der Waals surface area contributed by atoms with E-state index in [1.807, 2.05) is 5.32 Å². The molecular formula is C19H18F4N2O4. The van der Waals surface area contributed by atoms with Gasteiger partial charge in [-0.1, -0.05) is 30.3 Å². The molecule has 156 valence electrons. The highest BCUT2D eigenvalue weighted by molar-refractivity contribution is 5.89. The maximum absolute atomic E-state index is 13.9. The van der Waals surface area contributed by atoms with Crippen molar-refractivity contribution in [3.63, 3.8) is 0 Å². The van der Waals surface area contributed by atoms with Crippen molar-refractivity contribution < 1.29 is 36.6 Å². The molecule has 6 nitrogen and oxygen atoms in total. The molecule has 0 radical (unpaired) electrons. The second-order valence-corrected chi connectivity index (χ2v) is 5.79. The van der Waals surface area contributed by atoms with Gasteiger partial charge in [0.2, 0.25) is 0 Å². The molecule has 1 unspecified atom stereocenters. The number of halogens is 4. The van der Waals surface area contributed by atoms with Gasteiger partial charge in [0, 0.05) is 5.69 Å². The van der Waals surface area contributed by atoms with Gasteiger partial charge in [0.15, 0.2) is 0 Å². The Morgan fingerprint density at radius 2 is 1.59 bits per heavy atom. The molecule has 29 heavy (non-hydrogen) atoms. The van der Waals surface area contributed by atoms with E-state index in [1.165, 1.54) is 12.2 Å². The third-order valence-corrected chi connectivity index (χ3v) is 3.69. The van der Waals surface area contributed by atoms with Crippen molar-refractivity contribution in [3.05, 3.63) is 66.0 Å². The van der Waals surface area contributed by atoms with E-state index in [1.54, 1.807) is 30.3 Å². The molecule has 2 N–H and O–H groups in total. The number of carbonyl (C=O) groups excluding carboxylic acids is 2. The van der Waals surface area contributed by atoms with Gasteiger partial charge in [-0.15, -0.1) is 0 Å². The quantitative estimate of drug-likeness (QED) is 0.407. The van der Waals surface area contributed by atoms with Crippen LogP contribution in [0.4, 0.5) is 28.0 Å². The number of nitrogens with one attached hydrogen (secondary N) is 2. The molecule has 1 atom stereocenters. The van der Waals surface area contributed by atoms with Gasteiger partial charge in [-0.25, -0.2) is 14.0 Å². The first-order valence-electron chi connectivity index (χ1n) is 8.44. The summed E-state index contributed by atoms with van der Waals surface area (Å²) in [7, 11) is 0. The molecule has 0 aliphatic rings. The van der Waals surface area contributed by atoms with E-state index in [0.29, 0.717) is 5.56 Å². The van der Waals surface area contributed by atoms with Crippen molar-refractivity contribution in [1.82, 2.24) is 5.32 Å². The minimum absolute atomic E-state index is 0.278. The number of anilines is 1. The number of esters is 1. The van der Waals surface area contributed by atoms with Crippen LogP contribution in [-0.4, -0.2) is 30.5 Å². The van der Waals surface area contributed by atoms with Crippen molar-refractivity contribution in [2.75, 3.05) is 11.9 Å². The molecule has 0 saturated carbocycles. The van der Waals surface area contributed by atoms with Gasteiger partial charge < -0.3 is 14.8 Å². The van der Waals surface area contributed by atoms with E-state index in [9.17, 15) is 27.2 Å². The summed E-state index contributed by atoms with van der Waals surface area (Å²) in [5, 5.41) is 3.42. The van der Waals surface area contributed by atoms with Gasteiger partial charge in [0.25, 0.3) is 0 Å². The normalized spacial score (nSPS) is 13.1. The van der Waals surface area contributed by atoms with E-state index >= 15 is 0 Å². The van der Waals surface area contributed by atoms with Crippen LogP contribution in [0.15, 0.2) is 54.6 Å². The van der Waals surface area contributed by atoms with Crippen LogP contribution in [0.2, 0.25) is 0 Å². The smallest absolute Gasteiger partial charge is 0.442 e. The zero-order chi connectivity index (χ0) is 21.5. The standard InChI is InChI=1S/C19H18F4N2O4/c1-2-28-16(26)18(19(21,22)23,24-15-10-8-14(20)9-11-15)25-17(27)29-12-13-6-4-3-5-7-13/h3-11,24H,2,12H2,1H3,(H,25,27). The number of alkyl halides is 3. The Kier molecular flexibility index (Phi) is 7.03. The van der Waals surface area contributed by atoms with Gasteiger partial charge in [0.1, 0.15) is 12.4 Å². The molecule has 2 rings (SSSR count). The molecule has 0 aliphatic heterocycles. The van der Waals surface area contributed by atoms with E-state index < -0.39 is 29.7 Å². The third-order valence-electron chi connectivity index (χ3n) is 3.69. The zero-order valence-corrected chi connectivity index (χ0v) is 15.3. The predicted molar refractivity (Wildman–Crippen MR) is 95.2 cm³/mol. The summed E-state index contributed by atoms with van der Waals surface area (Å²) in [6.45, 7) is 0.618. The van der Waals surface area contributed by atoms with Crippen molar-refractivity contribution in [1.29, 1.82) is 0 Å². The van der Waals surface area contributed by atoms with E-state index in [0.717, 1.165) is 24.3 Å². The maximum atomic E-state index is 13.9. The maximum Gasteiger partial charge on any atom is 0.442 e. The lowest BCUT2D eigenvalue weighted by Gasteiger charge is -2.34. The van der Waals surface area contributed by atoms with Gasteiger partial charge in [-0.2, -0.15) is 13.2 Å². The van der Waals surface area contributed by atoms with Gasteiger partial charge in [-0.05, 0) is 36.8 Å². The van der Waals surface area contributed by atoms with Gasteiger partial charge in [0.05, 0.1) is 6.61 Å². The van der Waals surface area contributed by atoms with Crippen LogP contribution >= 0.6 is 0 Å². The van der Waals surface area contributed by atoms with Crippen molar-refractivity contribution in [3.8, 4) is 0 Å². The van der Waals surface area contributed by atoms with Gasteiger partial charge >= 0.3 is 23.9 Å². The lowest BCUT2D eigenvalue weighted by atomic mass is 10.1. The number of alkyl carbamates (subject to hydrolysis) is 1. The summed E-state index contributed by atoms with van der Waals surface area (Å²) in [5.74, 6) is -2.49. The van der Waals surface area contributed by atoms with Crippen LogP contribution in [-0.2, 0) is 20.9 Å². The summed E-state index contributed by atoms with van der Waals surface area (Å²) < 4.78 is 64.2. The van der Waals surface area contributed by atoms with Crippen LogP contribution in [0, 0.1) is 5.82 Å². The average molecular weight is 414 g/mol. The lowest BCUT2D eigenvalue weighted by Crippen LogP contribution is -2.69. The van der Waals surface area contributed by atoms with Crippen LogP contribution in [0.3, 0.4) is 0 Å². The lowest BCUT2D eigenvalue weighted by molar-refractivity contribution is -0.205. The second kappa shape index (κ2) is 9.26. The van der Waals surface area contributed by atoms with Crippen molar-refractivity contribution >= 4 is 17.7 Å². The molecule has 0 spiro atoms. The first-order chi connectivity index (χ1) is 13.7. The highest BCUT2D eigenvalue weighted by Gasteiger charge is 2.64. The molecule has 1 amide bonds. The molecule has 2 aromatic rings. The Morgan fingerprint density at radius 1 is 0.966 bits per heavy atom. The Balaban J connectivity index is 2.29. The number of carbonyl (C=O) groups is 2. The van der Waals surface area contributed by atoms with E-state index in [4.69, 9.17) is 4.74 Å². The topological polar surface area (TPSA) is 76.7 Å². The van der Waals surface area contributed by atoms with Crippen LogP contribution in [0.1, 0.15) is 12.5 Å². The Morgan fingerprint density at radius 3 is 2.14 bits per heavy atom. The Labute approximate surface area is 163 Å². The Hall–Kier alpha value is -3.30. The molecule has 0 bridgehead atoms. The summed E-state index contributed by atoms with van der Waals surface area (Å²) in [6.07, 6.45) is -6.83. The molecule has 0 aromatic heterocycles. The number of hydrogen-bond acceptors (Lipinski definition) is 5. The molecule has 10 heteroatoms. The molecular weight excluding hydrogens is 396 g/mol. The average Bonchev–Trinajstić information content (AvgIpc) is 2.67. The predicted octanol–water partition coefficient (Wildman–Crippen LogP) is 3.99. The summed E-state index contributed by atoms with van der Waals surface area (Å²) >= 11 is 0. The first kappa shape index (κ1) is 22.0. The molecule has 0 aliphatic carbocycles. The fourth-order valence-electron chi connectivity index (χ4n) is 2.29. The second-order valence-electron chi connectivity index (χ2n) is 5.79. The van der Waals surface area contributed by atoms with Gasteiger partial charge in [-0.3, -0.25) is 5.32 Å². The minimum atomic E-state index is -5.32. The summed E-state index contributed by atoms with van der Waals surface area (Å²) in [5.41, 5.74) is -3.39. The third kappa shape index (κ3) is 5.59. The van der Waals surface area contributed by atoms with Crippen molar-refractivity contribution in [2.45, 2.75) is 25.4 Å². The SMILES string of the molecule is CCOC(=O)C(NC(=O)OCc1ccccc1)(Nc1ccc(F)cc1)C(F)(F)F. The van der Waals surface area contributed by atoms with E-state index in [2.05, 4.69) is 4.74 Å². The van der Waals surface area contributed by atoms with E-state index in [-0.39, 0.29) is 18.9 Å². The highest BCUT2D eigenvalue weighted by Crippen LogP contribution is 2.33. The molecule has 0 saturated heterocycles. The molecule has 2 aromatic carbocycles. The first-order valence-corrected chi connectivity index (χ1v) is 8.44. The van der Waals surface area contributed by atoms with Crippen LogP contribution < -0.4 is 10.6 Å². The molecule has 0 fully saturated rings. The van der Waals surface area contributed by atoms with Crippen LogP contribution in [0.5, 0.6) is 0 Å². The van der Waals surface area contributed by atoms with Crippen molar-refractivity contribution in [2.24, 2.45) is 0 Å². The van der Waals surface area contributed by atoms with Crippen LogP contribution in [0.25, 0.3) is 0 Å². The number of rotatable bonds is 7. The summed E-state index contributed by atoms with van der Waals surface area (Å²) in [6, 6.07) is 12.0. The number of benzene rings is 2. The fourth-order valence-corrected chi connectivity index (χ4v) is 2.29.